The lowest BCUT2D eigenvalue weighted by Crippen LogP contribution is -2.38. The van der Waals surface area contributed by atoms with Gasteiger partial charge in [-0.05, 0) is 26.0 Å². The maximum Gasteiger partial charge on any atom is 0.187 e. The molecule has 2 aromatic rings. The molecule has 1 aliphatic rings. The lowest BCUT2D eigenvalue weighted by molar-refractivity contribution is -0.0797. The molecule has 0 aromatic carbocycles. The number of nitrogens with zero attached hydrogens (tertiary/aromatic N) is 2. The Morgan fingerprint density at radius 1 is 1.23 bits per heavy atom. The Bertz CT molecular complexity index is 696. The van der Waals surface area contributed by atoms with Gasteiger partial charge in [-0.15, -0.1) is 0 Å². The average Bonchev–Trinajstić information content (AvgIpc) is 2.42. The van der Waals surface area contributed by atoms with E-state index >= 15 is 0 Å². The summed E-state index contributed by atoms with van der Waals surface area (Å²) in [7, 11) is 0. The van der Waals surface area contributed by atoms with Crippen LogP contribution in [0.4, 0.5) is 0 Å². The first-order valence-corrected chi connectivity index (χ1v) is 7.29. The Kier molecular flexibility index (Phi) is 4.15. The second-order valence-electron chi connectivity index (χ2n) is 5.48. The number of hydrogen-bond acceptors (Lipinski definition) is 5. The van der Waals surface area contributed by atoms with E-state index in [9.17, 15) is 4.79 Å². The molecule has 0 saturated carbocycles. The minimum Gasteiger partial charge on any atom is -0.485 e. The van der Waals surface area contributed by atoms with Crippen LogP contribution in [-0.2, 0) is 11.2 Å². The smallest absolute Gasteiger partial charge is 0.187 e. The molecule has 0 radical (unpaired) electrons. The number of ketones is 1. The normalized spacial score (nSPS) is 14.5. The quantitative estimate of drug-likeness (QED) is 0.793. The molecule has 2 aromatic heterocycles. The third-order valence-electron chi connectivity index (χ3n) is 3.41. The molecule has 114 valence electrons. The second-order valence-corrected chi connectivity index (χ2v) is 5.48. The Morgan fingerprint density at radius 3 is 2.73 bits per heavy atom. The van der Waals surface area contributed by atoms with Crippen LogP contribution in [0.1, 0.15) is 27.6 Å². The van der Waals surface area contributed by atoms with Crippen LogP contribution >= 0.6 is 0 Å². The standard InChI is InChI=1S/C17H18N2O3/c1-11-4-3-5-13(18-11)7-17(20)16-8-14(6-12(2)19-16)22-15-9-21-10-15/h3-6,8,15H,7,9-10H2,1-2H3. The zero-order valence-electron chi connectivity index (χ0n) is 12.7. The predicted molar refractivity (Wildman–Crippen MR) is 81.2 cm³/mol. The number of hydrogen-bond donors (Lipinski definition) is 0. The summed E-state index contributed by atoms with van der Waals surface area (Å²) in [5.41, 5.74) is 2.83. The molecule has 5 heteroatoms. The number of carbonyl (C=O) groups excluding carboxylic acids is 1. The molecule has 3 heterocycles. The summed E-state index contributed by atoms with van der Waals surface area (Å²) in [6.07, 6.45) is 0.313. The molecule has 22 heavy (non-hydrogen) atoms. The van der Waals surface area contributed by atoms with Gasteiger partial charge in [-0.25, -0.2) is 4.98 Å². The number of rotatable bonds is 5. The monoisotopic (exact) mass is 298 g/mol. The van der Waals surface area contributed by atoms with Crippen LogP contribution in [0, 0.1) is 13.8 Å². The number of carbonyl (C=O) groups is 1. The number of pyridine rings is 2. The minimum absolute atomic E-state index is 0.0588. The summed E-state index contributed by atoms with van der Waals surface area (Å²) in [6, 6.07) is 9.19. The van der Waals surface area contributed by atoms with Crippen molar-refractivity contribution in [3.05, 3.63) is 53.1 Å². The fraction of sp³-hybridized carbons (Fsp3) is 0.353. The van der Waals surface area contributed by atoms with Crippen molar-refractivity contribution in [2.24, 2.45) is 0 Å². The Morgan fingerprint density at radius 2 is 2.05 bits per heavy atom. The third kappa shape index (κ3) is 3.49. The molecule has 0 amide bonds. The van der Waals surface area contributed by atoms with Crippen LogP contribution in [0.2, 0.25) is 0 Å². The summed E-state index contributed by atoms with van der Waals surface area (Å²) in [5, 5.41) is 0. The van der Waals surface area contributed by atoms with E-state index in [-0.39, 0.29) is 18.3 Å². The van der Waals surface area contributed by atoms with E-state index < -0.39 is 0 Å². The summed E-state index contributed by atoms with van der Waals surface area (Å²) in [6.45, 7) is 4.95. The van der Waals surface area contributed by atoms with Crippen molar-refractivity contribution in [2.45, 2.75) is 26.4 Å². The first kappa shape index (κ1) is 14.7. The van der Waals surface area contributed by atoms with Gasteiger partial charge in [0, 0.05) is 29.2 Å². The fourth-order valence-corrected chi connectivity index (χ4v) is 2.28. The van der Waals surface area contributed by atoms with E-state index in [1.807, 2.05) is 38.1 Å². The number of Topliss-reactive ketones (excluding diaryl/α,β-unsaturated/α-hetero) is 1. The van der Waals surface area contributed by atoms with Gasteiger partial charge in [0.25, 0.3) is 0 Å². The van der Waals surface area contributed by atoms with E-state index in [0.29, 0.717) is 24.7 Å². The highest BCUT2D eigenvalue weighted by molar-refractivity contribution is 5.95. The molecular formula is C17H18N2O3. The highest BCUT2D eigenvalue weighted by Crippen LogP contribution is 2.19. The van der Waals surface area contributed by atoms with E-state index in [4.69, 9.17) is 9.47 Å². The maximum absolute atomic E-state index is 12.4. The Labute approximate surface area is 129 Å². The highest BCUT2D eigenvalue weighted by Gasteiger charge is 2.21. The topological polar surface area (TPSA) is 61.3 Å². The van der Waals surface area contributed by atoms with E-state index in [0.717, 1.165) is 17.1 Å². The van der Waals surface area contributed by atoms with Crippen molar-refractivity contribution in [3.63, 3.8) is 0 Å². The van der Waals surface area contributed by atoms with Crippen LogP contribution in [0.5, 0.6) is 5.75 Å². The largest absolute Gasteiger partial charge is 0.485 e. The molecule has 0 aliphatic carbocycles. The summed E-state index contributed by atoms with van der Waals surface area (Å²) in [4.78, 5) is 21.1. The predicted octanol–water partition coefficient (Wildman–Crippen LogP) is 2.30. The van der Waals surface area contributed by atoms with Gasteiger partial charge in [0.15, 0.2) is 5.78 Å². The van der Waals surface area contributed by atoms with Crippen LogP contribution in [-0.4, -0.2) is 35.1 Å². The fourth-order valence-electron chi connectivity index (χ4n) is 2.28. The molecule has 0 atom stereocenters. The van der Waals surface area contributed by atoms with Crippen LogP contribution < -0.4 is 4.74 Å². The molecule has 0 unspecified atom stereocenters. The van der Waals surface area contributed by atoms with Gasteiger partial charge < -0.3 is 9.47 Å². The summed E-state index contributed by atoms with van der Waals surface area (Å²) >= 11 is 0. The first-order valence-electron chi connectivity index (χ1n) is 7.29. The Hall–Kier alpha value is -2.27. The second kappa shape index (κ2) is 6.23. The van der Waals surface area contributed by atoms with Gasteiger partial charge in [-0.1, -0.05) is 6.07 Å². The molecule has 0 spiro atoms. The van der Waals surface area contributed by atoms with Gasteiger partial charge >= 0.3 is 0 Å². The van der Waals surface area contributed by atoms with Crippen LogP contribution in [0.3, 0.4) is 0 Å². The lowest BCUT2D eigenvalue weighted by Gasteiger charge is -2.26. The molecule has 0 bridgehead atoms. The molecule has 1 aliphatic heterocycles. The van der Waals surface area contributed by atoms with Gasteiger partial charge in [0.05, 0.1) is 19.6 Å². The van der Waals surface area contributed by atoms with Crippen molar-refractivity contribution in [1.82, 2.24) is 9.97 Å². The van der Waals surface area contributed by atoms with Gasteiger partial charge in [-0.3, -0.25) is 9.78 Å². The van der Waals surface area contributed by atoms with E-state index in [1.165, 1.54) is 0 Å². The van der Waals surface area contributed by atoms with Crippen LogP contribution in [0.25, 0.3) is 0 Å². The molecular weight excluding hydrogens is 280 g/mol. The molecule has 5 nitrogen and oxygen atoms in total. The minimum atomic E-state index is -0.0588. The highest BCUT2D eigenvalue weighted by atomic mass is 16.6. The van der Waals surface area contributed by atoms with Crippen LogP contribution in [0.15, 0.2) is 30.3 Å². The van der Waals surface area contributed by atoms with Gasteiger partial charge in [0.1, 0.15) is 17.5 Å². The number of aryl methyl sites for hydroxylation is 2. The van der Waals surface area contributed by atoms with E-state index in [2.05, 4.69) is 9.97 Å². The van der Waals surface area contributed by atoms with Gasteiger partial charge in [0.2, 0.25) is 0 Å². The van der Waals surface area contributed by atoms with Crippen molar-refractivity contribution in [2.75, 3.05) is 13.2 Å². The van der Waals surface area contributed by atoms with Crippen molar-refractivity contribution in [1.29, 1.82) is 0 Å². The molecule has 1 saturated heterocycles. The van der Waals surface area contributed by atoms with Crippen molar-refractivity contribution >= 4 is 5.78 Å². The zero-order chi connectivity index (χ0) is 15.5. The zero-order valence-corrected chi connectivity index (χ0v) is 12.7. The third-order valence-corrected chi connectivity index (χ3v) is 3.41. The van der Waals surface area contributed by atoms with Gasteiger partial charge in [-0.2, -0.15) is 0 Å². The SMILES string of the molecule is Cc1cccc(CC(=O)c2cc(OC3COC3)cc(C)n2)n1. The summed E-state index contributed by atoms with van der Waals surface area (Å²) in [5.74, 6) is 0.609. The Balaban J connectivity index is 1.76. The van der Waals surface area contributed by atoms with E-state index in [1.54, 1.807) is 6.07 Å². The maximum atomic E-state index is 12.4. The molecule has 0 N–H and O–H groups in total. The molecule has 1 fully saturated rings. The summed E-state index contributed by atoms with van der Waals surface area (Å²) < 4.78 is 10.8. The average molecular weight is 298 g/mol. The lowest BCUT2D eigenvalue weighted by atomic mass is 10.1. The van der Waals surface area contributed by atoms with Crippen molar-refractivity contribution in [3.8, 4) is 5.75 Å². The number of ether oxygens (including phenoxy) is 2. The molecule has 3 rings (SSSR count). The number of aromatic nitrogens is 2. The first-order chi connectivity index (χ1) is 10.6. The van der Waals surface area contributed by atoms with Crippen molar-refractivity contribution < 1.29 is 14.3 Å².